The zero-order valence-electron chi connectivity index (χ0n) is 11.8. The molecule has 1 aromatic heterocycles. The highest BCUT2D eigenvalue weighted by Gasteiger charge is 2.29. The van der Waals surface area contributed by atoms with E-state index in [1.54, 1.807) is 11.8 Å². The molecule has 2 aromatic rings. The third-order valence-electron chi connectivity index (χ3n) is 3.83. The van der Waals surface area contributed by atoms with Crippen molar-refractivity contribution in [3.05, 3.63) is 47.3 Å². The van der Waals surface area contributed by atoms with E-state index in [9.17, 15) is 4.79 Å². The number of benzene rings is 1. The first-order chi connectivity index (χ1) is 9.69. The molecule has 104 valence electrons. The number of rotatable bonds is 4. The first-order valence-corrected chi connectivity index (χ1v) is 7.94. The van der Waals surface area contributed by atoms with Gasteiger partial charge in [0.05, 0.1) is 11.6 Å². The molecule has 3 nitrogen and oxygen atoms in total. The molecule has 3 rings (SSSR count). The van der Waals surface area contributed by atoms with Crippen molar-refractivity contribution in [3.8, 4) is 0 Å². The molecule has 1 aliphatic rings. The highest BCUT2D eigenvalue weighted by molar-refractivity contribution is 7.99. The van der Waals surface area contributed by atoms with Crippen molar-refractivity contribution in [1.29, 1.82) is 0 Å². The third kappa shape index (κ3) is 2.40. The quantitative estimate of drug-likeness (QED) is 0.866. The lowest BCUT2D eigenvalue weighted by Gasteiger charge is -2.09. The number of aromatic nitrogens is 2. The number of aryl methyl sites for hydroxylation is 2. The standard InChI is InChI=1S/C16H18N2OS/c1-3-11-8-12(18(2)17-11)9-15(19)14-10-20-16-7-5-4-6-13(14)16/h4-8,14H,3,9-10H2,1-2H3. The average molecular weight is 286 g/mol. The Kier molecular flexibility index (Phi) is 3.66. The molecule has 20 heavy (non-hydrogen) atoms. The molecule has 0 spiro atoms. The lowest BCUT2D eigenvalue weighted by atomic mass is 9.94. The smallest absolute Gasteiger partial charge is 0.147 e. The summed E-state index contributed by atoms with van der Waals surface area (Å²) >= 11 is 1.79. The maximum Gasteiger partial charge on any atom is 0.147 e. The summed E-state index contributed by atoms with van der Waals surface area (Å²) in [5.41, 5.74) is 3.26. The van der Waals surface area contributed by atoms with Crippen molar-refractivity contribution in [3.63, 3.8) is 0 Å². The van der Waals surface area contributed by atoms with Crippen LogP contribution in [0, 0.1) is 0 Å². The Morgan fingerprint density at radius 1 is 1.45 bits per heavy atom. The van der Waals surface area contributed by atoms with Crippen molar-refractivity contribution in [2.45, 2.75) is 30.6 Å². The van der Waals surface area contributed by atoms with E-state index in [4.69, 9.17) is 0 Å². The van der Waals surface area contributed by atoms with Crippen LogP contribution in [0.5, 0.6) is 0 Å². The fourth-order valence-corrected chi connectivity index (χ4v) is 3.90. The summed E-state index contributed by atoms with van der Waals surface area (Å²) in [5, 5.41) is 4.41. The van der Waals surface area contributed by atoms with Gasteiger partial charge in [0.25, 0.3) is 0 Å². The van der Waals surface area contributed by atoms with Gasteiger partial charge in [0.15, 0.2) is 0 Å². The van der Waals surface area contributed by atoms with Gasteiger partial charge in [0.2, 0.25) is 0 Å². The van der Waals surface area contributed by atoms with Gasteiger partial charge in [-0.15, -0.1) is 11.8 Å². The van der Waals surface area contributed by atoms with E-state index in [1.807, 2.05) is 29.9 Å². The van der Waals surface area contributed by atoms with Crippen molar-refractivity contribution >= 4 is 17.5 Å². The second kappa shape index (κ2) is 5.44. The van der Waals surface area contributed by atoms with E-state index in [1.165, 1.54) is 10.5 Å². The van der Waals surface area contributed by atoms with Gasteiger partial charge >= 0.3 is 0 Å². The zero-order chi connectivity index (χ0) is 14.1. The maximum absolute atomic E-state index is 12.6. The van der Waals surface area contributed by atoms with Crippen LogP contribution < -0.4 is 0 Å². The third-order valence-corrected chi connectivity index (χ3v) is 5.02. The van der Waals surface area contributed by atoms with Crippen LogP contribution in [0.25, 0.3) is 0 Å². The summed E-state index contributed by atoms with van der Waals surface area (Å²) in [6.07, 6.45) is 1.38. The lowest BCUT2D eigenvalue weighted by molar-refractivity contribution is -0.119. The molecule has 0 fully saturated rings. The van der Waals surface area contributed by atoms with E-state index in [2.05, 4.69) is 24.2 Å². The molecule has 0 aliphatic carbocycles. The lowest BCUT2D eigenvalue weighted by Crippen LogP contribution is -2.16. The van der Waals surface area contributed by atoms with Crippen LogP contribution in [0.15, 0.2) is 35.2 Å². The first kappa shape index (κ1) is 13.4. The van der Waals surface area contributed by atoms with Crippen LogP contribution in [-0.2, 0) is 24.7 Å². The Balaban J connectivity index is 1.79. The molecule has 1 aromatic carbocycles. The molecule has 4 heteroatoms. The number of ketones is 1. The minimum Gasteiger partial charge on any atom is -0.299 e. The Labute approximate surface area is 123 Å². The van der Waals surface area contributed by atoms with E-state index in [-0.39, 0.29) is 5.92 Å². The number of Topliss-reactive ketones (excluding diaryl/α,β-unsaturated/α-hetero) is 1. The SMILES string of the molecule is CCc1cc(CC(=O)C2CSc3ccccc32)n(C)n1. The van der Waals surface area contributed by atoms with Gasteiger partial charge in [-0.05, 0) is 24.1 Å². The van der Waals surface area contributed by atoms with E-state index >= 15 is 0 Å². The number of hydrogen-bond acceptors (Lipinski definition) is 3. The normalized spacial score (nSPS) is 17.2. The largest absolute Gasteiger partial charge is 0.299 e. The van der Waals surface area contributed by atoms with E-state index in [0.717, 1.165) is 23.6 Å². The molecule has 0 saturated heterocycles. The summed E-state index contributed by atoms with van der Waals surface area (Å²) < 4.78 is 1.84. The predicted octanol–water partition coefficient (Wildman–Crippen LogP) is 2.98. The van der Waals surface area contributed by atoms with Gasteiger partial charge in [-0.25, -0.2) is 0 Å². The van der Waals surface area contributed by atoms with Crippen LogP contribution in [0.3, 0.4) is 0 Å². The first-order valence-electron chi connectivity index (χ1n) is 6.95. The molecule has 0 saturated carbocycles. The van der Waals surface area contributed by atoms with Crippen LogP contribution in [-0.4, -0.2) is 21.3 Å². The predicted molar refractivity (Wildman–Crippen MR) is 81.2 cm³/mol. The second-order valence-corrected chi connectivity index (χ2v) is 6.21. The van der Waals surface area contributed by atoms with Crippen LogP contribution >= 0.6 is 11.8 Å². The molecule has 0 bridgehead atoms. The molecular weight excluding hydrogens is 268 g/mol. The Hall–Kier alpha value is -1.55. The van der Waals surface area contributed by atoms with Gasteiger partial charge in [-0.1, -0.05) is 25.1 Å². The molecule has 0 N–H and O–H groups in total. The summed E-state index contributed by atoms with van der Waals surface area (Å²) in [4.78, 5) is 13.8. The zero-order valence-corrected chi connectivity index (χ0v) is 12.6. The number of nitrogens with zero attached hydrogens (tertiary/aromatic N) is 2. The van der Waals surface area contributed by atoms with Crippen LogP contribution in [0.1, 0.15) is 29.8 Å². The van der Waals surface area contributed by atoms with Gasteiger partial charge in [-0.2, -0.15) is 5.10 Å². The minimum atomic E-state index is 0.0381. The molecule has 0 radical (unpaired) electrons. The van der Waals surface area contributed by atoms with Crippen molar-refractivity contribution in [1.82, 2.24) is 9.78 Å². The number of carbonyl (C=O) groups excluding carboxylic acids is 1. The Morgan fingerprint density at radius 2 is 2.25 bits per heavy atom. The number of hydrogen-bond donors (Lipinski definition) is 0. The number of carbonyl (C=O) groups is 1. The monoisotopic (exact) mass is 286 g/mol. The molecule has 0 amide bonds. The summed E-state index contributed by atoms with van der Waals surface area (Å²) in [7, 11) is 1.92. The topological polar surface area (TPSA) is 34.9 Å². The molecule has 1 atom stereocenters. The Bertz CT molecular complexity index is 648. The minimum absolute atomic E-state index is 0.0381. The highest BCUT2D eigenvalue weighted by Crippen LogP contribution is 2.40. The van der Waals surface area contributed by atoms with Crippen molar-refractivity contribution < 1.29 is 4.79 Å². The second-order valence-electron chi connectivity index (χ2n) is 5.15. The van der Waals surface area contributed by atoms with Crippen molar-refractivity contribution in [2.75, 3.05) is 5.75 Å². The fraction of sp³-hybridized carbons (Fsp3) is 0.375. The fourth-order valence-electron chi connectivity index (χ4n) is 2.64. The molecular formula is C16H18N2OS. The van der Waals surface area contributed by atoms with Gasteiger partial charge < -0.3 is 0 Å². The molecule has 2 heterocycles. The average Bonchev–Trinajstić information content (AvgIpc) is 3.03. The number of fused-ring (bicyclic) bond motifs is 1. The van der Waals surface area contributed by atoms with E-state index < -0.39 is 0 Å². The molecule has 1 unspecified atom stereocenters. The maximum atomic E-state index is 12.6. The van der Waals surface area contributed by atoms with Crippen LogP contribution in [0.2, 0.25) is 0 Å². The van der Waals surface area contributed by atoms with Gasteiger partial charge in [-0.3, -0.25) is 9.48 Å². The highest BCUT2D eigenvalue weighted by atomic mass is 32.2. The summed E-state index contributed by atoms with van der Waals surface area (Å²) in [5.74, 6) is 1.21. The van der Waals surface area contributed by atoms with Crippen molar-refractivity contribution in [2.24, 2.45) is 7.05 Å². The molecule has 1 aliphatic heterocycles. The van der Waals surface area contributed by atoms with Gasteiger partial charge in [0, 0.05) is 29.8 Å². The Morgan fingerprint density at radius 3 is 3.00 bits per heavy atom. The van der Waals surface area contributed by atoms with E-state index in [0.29, 0.717) is 12.2 Å². The van der Waals surface area contributed by atoms with Gasteiger partial charge in [0.1, 0.15) is 5.78 Å². The van der Waals surface area contributed by atoms with Crippen LogP contribution in [0.4, 0.5) is 0 Å². The summed E-state index contributed by atoms with van der Waals surface area (Å²) in [6, 6.07) is 10.3. The summed E-state index contributed by atoms with van der Waals surface area (Å²) in [6.45, 7) is 2.08. The number of thioether (sulfide) groups is 1.